The average Bonchev–Trinajstić information content (AvgIpc) is 2.50. The van der Waals surface area contributed by atoms with Crippen LogP contribution >= 0.6 is 38.8 Å². The maximum Gasteiger partial charge on any atom is 2.00 e. The number of hydrogen-bond acceptors (Lipinski definition) is 4. The summed E-state index contributed by atoms with van der Waals surface area (Å²) in [4.78, 5) is 9.54. The summed E-state index contributed by atoms with van der Waals surface area (Å²) in [5.74, 6) is 0. The summed E-state index contributed by atoms with van der Waals surface area (Å²) >= 11 is 13.3. The Morgan fingerprint density at radius 3 is 1.34 bits per heavy atom. The van der Waals surface area contributed by atoms with Crippen molar-refractivity contribution in [3.05, 3.63) is 0 Å². The van der Waals surface area contributed by atoms with Crippen LogP contribution in [0.5, 0.6) is 0 Å². The van der Waals surface area contributed by atoms with Crippen LogP contribution in [0.3, 0.4) is 0 Å². The molecule has 0 aromatic carbocycles. The molecule has 2 rings (SSSR count). The Kier molecular flexibility index (Phi) is 12.2. The topological polar surface area (TPSA) is 13.0 Å². The zero-order valence-electron chi connectivity index (χ0n) is 18.6. The molecular weight excluding hydrogens is 640 g/mol. The van der Waals surface area contributed by atoms with Crippen molar-refractivity contribution in [1.82, 2.24) is 19.6 Å². The molecule has 2 saturated heterocycles. The molecule has 0 aromatic rings. The largest absolute Gasteiger partial charge is 2.00 e. The predicted molar refractivity (Wildman–Crippen MR) is 114 cm³/mol. The molecule has 35 heavy (non-hydrogen) atoms. The summed E-state index contributed by atoms with van der Waals surface area (Å²) in [5, 5.41) is 0. The van der Waals surface area contributed by atoms with Gasteiger partial charge in [0.25, 0.3) is 0 Å². The van der Waals surface area contributed by atoms with Gasteiger partial charge in [0.2, 0.25) is 0 Å². The van der Waals surface area contributed by atoms with E-state index >= 15 is 0 Å². The van der Waals surface area contributed by atoms with Gasteiger partial charge in [0.1, 0.15) is 0 Å². The number of fused-ring (bicyclic) bond motifs is 3. The van der Waals surface area contributed by atoms with Gasteiger partial charge in [-0.05, 0) is 33.6 Å². The van der Waals surface area contributed by atoms with Gasteiger partial charge in [-0.1, -0.05) is 23.2 Å². The molecule has 4 nitrogen and oxygen atoms in total. The maximum atomic E-state index is 9.87. The van der Waals surface area contributed by atoms with E-state index in [0.717, 1.165) is 58.8 Å². The molecule has 0 saturated carbocycles. The standard InChI is InChI=1S/C14H28Cl2N4.2F6P.Mn/c1-17-5-3-6-19-10-8-18(2)7-4-14(15,16)20(12-9-17)13-11-19;2*1-7(2,3,4,5)6;/h3-13H2,1-2H3;;;/q;2*-1;+2. The van der Waals surface area contributed by atoms with Crippen molar-refractivity contribution in [3.8, 4) is 0 Å². The second kappa shape index (κ2) is 11.2. The van der Waals surface area contributed by atoms with E-state index < -0.39 is 20.1 Å². The molecule has 2 bridgehead atoms. The second-order valence-electron chi connectivity index (χ2n) is 8.12. The summed E-state index contributed by atoms with van der Waals surface area (Å²) in [7, 11) is -17.0. The van der Waals surface area contributed by atoms with Gasteiger partial charge in [-0.2, -0.15) is 0 Å². The number of halogens is 14. The maximum absolute atomic E-state index is 10.7. The van der Waals surface area contributed by atoms with Gasteiger partial charge < -0.3 is 14.7 Å². The predicted octanol–water partition coefficient (Wildman–Crippen LogP) is 8.16. The van der Waals surface area contributed by atoms with E-state index in [-0.39, 0.29) is 17.1 Å². The first-order chi connectivity index (χ1) is 14.4. The van der Waals surface area contributed by atoms with Gasteiger partial charge in [0.05, 0.1) is 0 Å². The summed E-state index contributed by atoms with van der Waals surface area (Å²) in [6.07, 6.45) is 2.05. The van der Waals surface area contributed by atoms with Gasteiger partial charge in [0, 0.05) is 52.2 Å². The van der Waals surface area contributed by atoms with Crippen molar-refractivity contribution in [1.29, 1.82) is 0 Å². The molecule has 2 unspecified atom stereocenters. The zero-order valence-corrected chi connectivity index (χ0v) is 23.1. The van der Waals surface area contributed by atoms with Crippen LogP contribution in [0.15, 0.2) is 0 Å². The molecule has 0 amide bonds. The molecule has 2 aliphatic heterocycles. The van der Waals surface area contributed by atoms with Gasteiger partial charge in [-0.3, -0.25) is 4.90 Å². The quantitative estimate of drug-likeness (QED) is 0.0850. The Balaban J connectivity index is 0. The van der Waals surface area contributed by atoms with E-state index in [1.165, 1.54) is 13.0 Å². The van der Waals surface area contributed by atoms with Crippen LogP contribution in [0.1, 0.15) is 12.8 Å². The van der Waals surface area contributed by atoms with E-state index in [9.17, 15) is 50.4 Å². The Bertz CT molecular complexity index is 614. The fourth-order valence-electron chi connectivity index (χ4n) is 2.91. The molecule has 0 aromatic heterocycles. The number of likely N-dealkylation sites (N-methyl/N-ethyl adjacent to an activating group) is 2. The van der Waals surface area contributed by atoms with E-state index in [1.54, 1.807) is 0 Å². The molecule has 1 radical (unpaired) electrons. The summed E-state index contributed by atoms with van der Waals surface area (Å²) < 4.78 is 118. The third-order valence-corrected chi connectivity index (χ3v) is 5.36. The van der Waals surface area contributed by atoms with Crippen molar-refractivity contribution in [2.45, 2.75) is 17.3 Å². The van der Waals surface area contributed by atoms with E-state index in [0.29, 0.717) is 0 Å². The van der Waals surface area contributed by atoms with E-state index in [2.05, 4.69) is 33.7 Å². The third-order valence-electron chi connectivity index (χ3n) is 4.51. The normalized spacial score (nSPS) is 29.1. The van der Waals surface area contributed by atoms with E-state index in [1.807, 2.05) is 0 Å². The Labute approximate surface area is 216 Å². The Hall–Kier alpha value is 0.959. The minimum atomic E-state index is -10.7. The number of rotatable bonds is 0. The van der Waals surface area contributed by atoms with Crippen LogP contribution < -0.4 is 0 Å². The Morgan fingerprint density at radius 1 is 0.543 bits per heavy atom. The molecule has 2 aliphatic rings. The molecule has 0 N–H and O–H groups in total. The van der Waals surface area contributed by atoms with Gasteiger partial charge in [0.15, 0.2) is 4.46 Å². The van der Waals surface area contributed by atoms with Crippen LogP contribution in [-0.4, -0.2) is 97.1 Å². The molecular formula is C14H28Cl2F12MnN4P2. The van der Waals surface area contributed by atoms with Crippen molar-refractivity contribution in [3.63, 3.8) is 0 Å². The minimum Gasteiger partial charge on any atom is 2.00 e. The van der Waals surface area contributed by atoms with Gasteiger partial charge >= 0.3 is 83.0 Å². The van der Waals surface area contributed by atoms with Crippen LogP contribution in [0.25, 0.3) is 0 Å². The fourth-order valence-corrected chi connectivity index (χ4v) is 3.42. The van der Waals surface area contributed by atoms with Crippen molar-refractivity contribution in [2.24, 2.45) is 0 Å². The molecule has 2 heterocycles. The smallest absolute Gasteiger partial charge is 2.00 e. The summed E-state index contributed by atoms with van der Waals surface area (Å²) in [6, 6.07) is 0. The fraction of sp³-hybridized carbons (Fsp3) is 1.00. The van der Waals surface area contributed by atoms with Crippen LogP contribution in [0.2, 0.25) is 0 Å². The first kappa shape index (κ1) is 38.1. The SMILES string of the molecule is CN1CCCN2CCN(C)CCC(Cl)(Cl)N(CC1)CC2.F[P-](F)(F)(F)(F)F.F[P-](F)(F)(F)(F)F.[Mn+2]. The summed E-state index contributed by atoms with van der Waals surface area (Å²) in [5.41, 5.74) is 0. The van der Waals surface area contributed by atoms with Gasteiger partial charge in [-0.25, -0.2) is 0 Å². The first-order valence-corrected chi connectivity index (χ1v) is 14.5. The van der Waals surface area contributed by atoms with Crippen molar-refractivity contribution in [2.75, 3.05) is 73.0 Å². The van der Waals surface area contributed by atoms with Crippen LogP contribution in [0.4, 0.5) is 50.4 Å². The monoisotopic (exact) mass is 667 g/mol. The molecule has 21 heteroatoms. The number of alkyl halides is 2. The minimum absolute atomic E-state index is 0. The number of nitrogens with zero attached hydrogens (tertiary/aromatic N) is 4. The molecule has 2 fully saturated rings. The Morgan fingerprint density at radius 2 is 0.886 bits per heavy atom. The van der Waals surface area contributed by atoms with Crippen molar-refractivity contribution >= 4 is 38.8 Å². The first-order valence-electron chi connectivity index (χ1n) is 9.72. The molecule has 0 aliphatic carbocycles. The zero-order chi connectivity index (χ0) is 27.4. The molecule has 219 valence electrons. The van der Waals surface area contributed by atoms with E-state index in [4.69, 9.17) is 23.2 Å². The van der Waals surface area contributed by atoms with Crippen molar-refractivity contribution < 1.29 is 67.4 Å². The van der Waals surface area contributed by atoms with Crippen LogP contribution in [0, 0.1) is 0 Å². The summed E-state index contributed by atoms with van der Waals surface area (Å²) in [6.45, 7) is 9.53. The van der Waals surface area contributed by atoms with Gasteiger partial charge in [-0.15, -0.1) is 0 Å². The molecule has 0 spiro atoms. The third kappa shape index (κ3) is 32.9. The van der Waals surface area contributed by atoms with Crippen LogP contribution in [-0.2, 0) is 17.1 Å². The number of hydrogen-bond donors (Lipinski definition) is 0. The molecule has 2 atom stereocenters. The average molecular weight is 668 g/mol. The second-order valence-corrected chi connectivity index (χ2v) is 13.4.